The summed E-state index contributed by atoms with van der Waals surface area (Å²) in [6, 6.07) is 19.0. The van der Waals surface area contributed by atoms with E-state index in [2.05, 4.69) is 20.8 Å². The predicted molar refractivity (Wildman–Crippen MR) is 127 cm³/mol. The molecule has 0 fully saturated rings. The van der Waals surface area contributed by atoms with Crippen LogP contribution in [0.25, 0.3) is 23.1 Å². The van der Waals surface area contributed by atoms with Gasteiger partial charge >= 0.3 is 0 Å². The van der Waals surface area contributed by atoms with Crippen LogP contribution >= 0.6 is 11.3 Å². The van der Waals surface area contributed by atoms with Crippen molar-refractivity contribution in [3.63, 3.8) is 0 Å². The number of anilines is 2. The topological polar surface area (TPSA) is 86.9 Å². The summed E-state index contributed by atoms with van der Waals surface area (Å²) in [5.41, 5.74) is 3.37. The molecule has 2 heterocycles. The number of fused-ring (bicyclic) bond motifs is 1. The fraction of sp³-hybridized carbons (Fsp3) is 0.125. The lowest BCUT2D eigenvalue weighted by Crippen LogP contribution is -2.16. The molecule has 0 spiro atoms. The third-order valence-corrected chi connectivity index (χ3v) is 5.73. The number of thiophene rings is 1. The van der Waals surface area contributed by atoms with E-state index in [4.69, 9.17) is 0 Å². The first-order valence-corrected chi connectivity index (χ1v) is 10.7. The first-order chi connectivity index (χ1) is 15.0. The highest BCUT2D eigenvalue weighted by Gasteiger charge is 2.13. The van der Waals surface area contributed by atoms with E-state index < -0.39 is 0 Å². The van der Waals surface area contributed by atoms with E-state index in [-0.39, 0.29) is 17.7 Å². The van der Waals surface area contributed by atoms with E-state index in [1.165, 1.54) is 11.3 Å². The van der Waals surface area contributed by atoms with Crippen LogP contribution in [-0.2, 0) is 4.79 Å². The molecule has 4 aromatic rings. The van der Waals surface area contributed by atoms with Crippen LogP contribution in [0.4, 0.5) is 10.7 Å². The van der Waals surface area contributed by atoms with Crippen molar-refractivity contribution in [3.8, 4) is 0 Å². The molecule has 7 heteroatoms. The van der Waals surface area contributed by atoms with E-state index in [0.29, 0.717) is 15.6 Å². The molecule has 0 saturated carbocycles. The van der Waals surface area contributed by atoms with Crippen molar-refractivity contribution in [3.05, 3.63) is 76.8 Å². The van der Waals surface area contributed by atoms with Gasteiger partial charge in [0.1, 0.15) is 0 Å². The Hall–Kier alpha value is -3.71. The Morgan fingerprint density at radius 3 is 2.58 bits per heavy atom. The number of hydrogen-bond acceptors (Lipinski definition) is 4. The van der Waals surface area contributed by atoms with E-state index in [1.807, 2.05) is 74.5 Å². The molecule has 6 nitrogen and oxygen atoms in total. The number of nitrogens with zero attached hydrogens (tertiary/aromatic N) is 1. The van der Waals surface area contributed by atoms with Crippen molar-refractivity contribution >= 4 is 56.9 Å². The average Bonchev–Trinajstić information content (AvgIpc) is 3.40. The van der Waals surface area contributed by atoms with Crippen LogP contribution in [0.2, 0.25) is 0 Å². The minimum Gasteiger partial charge on any atom is -0.321 e. The van der Waals surface area contributed by atoms with Gasteiger partial charge in [-0.15, -0.1) is 11.3 Å². The van der Waals surface area contributed by atoms with Crippen LogP contribution in [-0.4, -0.2) is 22.0 Å². The van der Waals surface area contributed by atoms with Crippen molar-refractivity contribution in [2.24, 2.45) is 5.92 Å². The number of amides is 2. The summed E-state index contributed by atoms with van der Waals surface area (Å²) in [4.78, 5) is 25.1. The zero-order valence-corrected chi connectivity index (χ0v) is 18.0. The minimum atomic E-state index is -0.221. The normalized spacial score (nSPS) is 11.3. The number of H-pyrrole nitrogens is 1. The van der Waals surface area contributed by atoms with Crippen LogP contribution in [0.15, 0.2) is 60.7 Å². The molecule has 0 aliphatic carbocycles. The summed E-state index contributed by atoms with van der Waals surface area (Å²) in [7, 11) is 0. The number of para-hydroxylation sites is 2. The Morgan fingerprint density at radius 1 is 0.968 bits per heavy atom. The Bertz CT molecular complexity index is 1270. The van der Waals surface area contributed by atoms with Gasteiger partial charge in [0.25, 0.3) is 5.91 Å². The molecule has 156 valence electrons. The number of benzene rings is 2. The number of hydrogen-bond donors (Lipinski definition) is 3. The van der Waals surface area contributed by atoms with Crippen LogP contribution in [0.3, 0.4) is 0 Å². The molecular formula is C24H22N4O2S. The highest BCUT2D eigenvalue weighted by molar-refractivity contribution is 7.18. The second kappa shape index (κ2) is 8.97. The highest BCUT2D eigenvalue weighted by Crippen LogP contribution is 2.25. The number of carbonyl (C=O) groups is 2. The molecule has 2 amide bonds. The zero-order chi connectivity index (χ0) is 21.8. The summed E-state index contributed by atoms with van der Waals surface area (Å²) in [5.74, 6) is -0.416. The van der Waals surface area contributed by atoms with Gasteiger partial charge in [-0.3, -0.25) is 14.7 Å². The van der Waals surface area contributed by atoms with Crippen molar-refractivity contribution in [1.29, 1.82) is 0 Å². The maximum Gasteiger partial charge on any atom is 0.265 e. The average molecular weight is 431 g/mol. The Morgan fingerprint density at radius 2 is 1.74 bits per heavy atom. The monoisotopic (exact) mass is 430 g/mol. The Balaban J connectivity index is 1.51. The van der Waals surface area contributed by atoms with Gasteiger partial charge < -0.3 is 10.6 Å². The number of aromatic amines is 1. The lowest BCUT2D eigenvalue weighted by molar-refractivity contribution is -0.118. The maximum absolute atomic E-state index is 12.8. The molecule has 0 unspecified atom stereocenters. The molecule has 0 bridgehead atoms. The third kappa shape index (κ3) is 4.73. The molecule has 0 aliphatic rings. The number of carbonyl (C=O) groups excluding carboxylic acids is 2. The van der Waals surface area contributed by atoms with Gasteiger partial charge in [-0.1, -0.05) is 56.3 Å². The summed E-state index contributed by atoms with van der Waals surface area (Å²) in [6.07, 6.45) is 3.86. The van der Waals surface area contributed by atoms with Crippen LogP contribution < -0.4 is 10.6 Å². The summed E-state index contributed by atoms with van der Waals surface area (Å²) in [6.45, 7) is 3.65. The summed E-state index contributed by atoms with van der Waals surface area (Å²) in [5, 5.41) is 14.8. The van der Waals surface area contributed by atoms with E-state index in [0.717, 1.165) is 22.2 Å². The number of aromatic nitrogens is 2. The van der Waals surface area contributed by atoms with Crippen LogP contribution in [0.5, 0.6) is 0 Å². The first kappa shape index (κ1) is 20.6. The second-order valence-electron chi connectivity index (χ2n) is 7.34. The van der Waals surface area contributed by atoms with E-state index >= 15 is 0 Å². The largest absolute Gasteiger partial charge is 0.321 e. The van der Waals surface area contributed by atoms with Crippen LogP contribution in [0.1, 0.15) is 34.8 Å². The fourth-order valence-corrected chi connectivity index (χ4v) is 3.82. The summed E-state index contributed by atoms with van der Waals surface area (Å²) < 4.78 is 0. The van der Waals surface area contributed by atoms with Gasteiger partial charge in [-0.2, -0.15) is 5.10 Å². The molecule has 3 N–H and O–H groups in total. The SMILES string of the molecule is CC(C)C(=O)Nc1ccc(C(=O)Nc2ccccc2/C=C/c2n[nH]c3ccccc23)s1. The van der Waals surface area contributed by atoms with Crippen LogP contribution in [0, 0.1) is 5.92 Å². The first-order valence-electron chi connectivity index (χ1n) is 9.93. The predicted octanol–water partition coefficient (Wildman–Crippen LogP) is 5.64. The van der Waals surface area contributed by atoms with Gasteiger partial charge in [0.15, 0.2) is 0 Å². The smallest absolute Gasteiger partial charge is 0.265 e. The Labute approximate surface area is 184 Å². The van der Waals surface area contributed by atoms with Gasteiger partial charge in [-0.25, -0.2) is 0 Å². The number of rotatable bonds is 6. The lowest BCUT2D eigenvalue weighted by Gasteiger charge is -2.07. The van der Waals surface area contributed by atoms with Gasteiger partial charge in [-0.05, 0) is 35.9 Å². The molecule has 4 rings (SSSR count). The number of nitrogens with one attached hydrogen (secondary N) is 3. The minimum absolute atomic E-state index is 0.0739. The van der Waals surface area contributed by atoms with Gasteiger partial charge in [0.2, 0.25) is 5.91 Å². The van der Waals surface area contributed by atoms with Gasteiger partial charge in [0.05, 0.1) is 21.1 Å². The molecular weight excluding hydrogens is 408 g/mol. The quantitative estimate of drug-likeness (QED) is 0.370. The molecule has 0 radical (unpaired) electrons. The molecule has 2 aromatic carbocycles. The van der Waals surface area contributed by atoms with Crippen molar-refractivity contribution in [2.75, 3.05) is 10.6 Å². The second-order valence-corrected chi connectivity index (χ2v) is 8.42. The maximum atomic E-state index is 12.8. The molecule has 2 aromatic heterocycles. The van der Waals surface area contributed by atoms with E-state index in [1.54, 1.807) is 12.1 Å². The van der Waals surface area contributed by atoms with E-state index in [9.17, 15) is 9.59 Å². The zero-order valence-electron chi connectivity index (χ0n) is 17.2. The van der Waals surface area contributed by atoms with Crippen molar-refractivity contribution in [1.82, 2.24) is 10.2 Å². The molecule has 0 aliphatic heterocycles. The Kier molecular flexibility index (Phi) is 5.95. The third-order valence-electron chi connectivity index (χ3n) is 4.73. The standard InChI is InChI=1S/C24H22N4O2S/c1-15(2)23(29)26-22-14-13-21(31-22)24(30)25-18-9-5-3-7-16(18)11-12-20-17-8-4-6-10-19(17)27-28-20/h3-15H,1-2H3,(H,25,30)(H,26,29)(H,27,28)/b12-11+. The van der Waals surface area contributed by atoms with Gasteiger partial charge in [0, 0.05) is 17.0 Å². The lowest BCUT2D eigenvalue weighted by atomic mass is 10.1. The molecule has 0 atom stereocenters. The molecule has 0 saturated heterocycles. The fourth-order valence-electron chi connectivity index (χ4n) is 3.01. The van der Waals surface area contributed by atoms with Crippen molar-refractivity contribution in [2.45, 2.75) is 13.8 Å². The molecule has 31 heavy (non-hydrogen) atoms. The highest BCUT2D eigenvalue weighted by atomic mass is 32.1. The summed E-state index contributed by atoms with van der Waals surface area (Å²) >= 11 is 1.25. The van der Waals surface area contributed by atoms with Crippen molar-refractivity contribution < 1.29 is 9.59 Å².